The van der Waals surface area contributed by atoms with Crippen molar-refractivity contribution >= 4 is 38.8 Å². The van der Waals surface area contributed by atoms with E-state index >= 15 is 0 Å². The summed E-state index contributed by atoms with van der Waals surface area (Å²) in [5, 5.41) is 1.83. The van der Waals surface area contributed by atoms with Gasteiger partial charge in [-0.3, -0.25) is 19.3 Å². The van der Waals surface area contributed by atoms with Crippen molar-refractivity contribution in [1.82, 2.24) is 14.5 Å². The van der Waals surface area contributed by atoms with Gasteiger partial charge < -0.3 is 14.5 Å². The Morgan fingerprint density at radius 1 is 1.23 bits per heavy atom. The summed E-state index contributed by atoms with van der Waals surface area (Å²) in [6.45, 7) is 1.15. The van der Waals surface area contributed by atoms with Gasteiger partial charge in [0.25, 0.3) is 21.2 Å². The molecule has 0 aliphatic carbocycles. The Hall–Kier alpha value is -1.89. The van der Waals surface area contributed by atoms with Gasteiger partial charge in [0.2, 0.25) is 11.0 Å². The van der Waals surface area contributed by atoms with E-state index in [4.69, 9.17) is 9.15 Å². The molecule has 0 atom stereocenters. The number of sulfonamides is 1. The summed E-state index contributed by atoms with van der Waals surface area (Å²) in [5.74, 6) is -0.982. The number of rotatable bonds is 6. The van der Waals surface area contributed by atoms with Gasteiger partial charge >= 0.3 is 0 Å². The van der Waals surface area contributed by atoms with E-state index in [1.165, 1.54) is 16.4 Å². The molecular formula is C14H17N3O7S2. The Morgan fingerprint density at radius 3 is 2.62 bits per heavy atom. The quantitative estimate of drug-likeness (QED) is 0.688. The largest absolute Gasteiger partial charge is 0.438 e. The molecule has 12 heteroatoms. The second-order valence-electron chi connectivity index (χ2n) is 5.49. The first-order valence-electron chi connectivity index (χ1n) is 7.82. The number of hydrogen-bond acceptors (Lipinski definition) is 8. The topological polar surface area (TPSA) is 126 Å². The Labute approximate surface area is 153 Å². The average molecular weight is 403 g/mol. The smallest absolute Gasteiger partial charge is 0.288 e. The summed E-state index contributed by atoms with van der Waals surface area (Å²) in [5.41, 5.74) is 0. The number of nitrogens with zero attached hydrogens (tertiary/aromatic N) is 2. The summed E-state index contributed by atoms with van der Waals surface area (Å²) >= 11 is 0.914. The number of carbonyl (C=O) groups excluding carboxylic acids is 3. The highest BCUT2D eigenvalue weighted by Crippen LogP contribution is 2.20. The molecule has 3 heterocycles. The molecule has 0 unspecified atom stereocenters. The predicted octanol–water partition coefficient (Wildman–Crippen LogP) is -0.274. The SMILES string of the molecule is O=C(NCCN1C(=O)CSC1=O)c1ccc(S(=O)(=O)N2CCOCC2)o1. The summed E-state index contributed by atoms with van der Waals surface area (Å²) in [6, 6.07) is 2.49. The van der Waals surface area contributed by atoms with Crippen LogP contribution in [0.2, 0.25) is 0 Å². The number of amides is 3. The first-order valence-corrected chi connectivity index (χ1v) is 10.3. The second-order valence-corrected chi connectivity index (χ2v) is 8.29. The van der Waals surface area contributed by atoms with Crippen molar-refractivity contribution in [1.29, 1.82) is 0 Å². The van der Waals surface area contributed by atoms with Crippen LogP contribution in [0.15, 0.2) is 21.6 Å². The number of morpholine rings is 1. The molecule has 142 valence electrons. The van der Waals surface area contributed by atoms with Crippen molar-refractivity contribution in [2.75, 3.05) is 45.1 Å². The molecule has 0 bridgehead atoms. The molecule has 2 fully saturated rings. The minimum absolute atomic E-state index is 0.0448. The molecule has 2 aliphatic heterocycles. The van der Waals surface area contributed by atoms with Gasteiger partial charge in [0, 0.05) is 26.2 Å². The predicted molar refractivity (Wildman–Crippen MR) is 90.2 cm³/mol. The van der Waals surface area contributed by atoms with E-state index in [9.17, 15) is 22.8 Å². The Morgan fingerprint density at radius 2 is 1.96 bits per heavy atom. The molecule has 0 aromatic carbocycles. The maximum Gasteiger partial charge on any atom is 0.288 e. The third-order valence-corrected chi connectivity index (χ3v) is 6.46. The van der Waals surface area contributed by atoms with Crippen LogP contribution in [-0.4, -0.2) is 79.8 Å². The third-order valence-electron chi connectivity index (χ3n) is 3.83. The molecule has 0 saturated carbocycles. The monoisotopic (exact) mass is 403 g/mol. The van der Waals surface area contributed by atoms with Crippen LogP contribution in [-0.2, 0) is 19.6 Å². The Balaban J connectivity index is 1.57. The van der Waals surface area contributed by atoms with Gasteiger partial charge in [-0.25, -0.2) is 8.42 Å². The van der Waals surface area contributed by atoms with E-state index in [-0.39, 0.29) is 53.9 Å². The lowest BCUT2D eigenvalue weighted by atomic mass is 10.4. The van der Waals surface area contributed by atoms with Gasteiger partial charge in [0.1, 0.15) is 0 Å². The number of imide groups is 1. The van der Waals surface area contributed by atoms with E-state index in [1.54, 1.807) is 0 Å². The first kappa shape index (κ1) is 18.9. The molecule has 26 heavy (non-hydrogen) atoms. The summed E-state index contributed by atoms with van der Waals surface area (Å²) in [4.78, 5) is 36.0. The van der Waals surface area contributed by atoms with Crippen LogP contribution < -0.4 is 5.32 Å². The van der Waals surface area contributed by atoms with Crippen LogP contribution in [0, 0.1) is 0 Å². The lowest BCUT2D eigenvalue weighted by Gasteiger charge is -2.24. The Kier molecular flexibility index (Phi) is 5.65. The fourth-order valence-electron chi connectivity index (χ4n) is 2.46. The molecule has 0 spiro atoms. The number of nitrogens with one attached hydrogen (secondary N) is 1. The van der Waals surface area contributed by atoms with Crippen molar-refractivity contribution in [3.63, 3.8) is 0 Å². The highest BCUT2D eigenvalue weighted by atomic mass is 32.2. The zero-order valence-electron chi connectivity index (χ0n) is 13.7. The van der Waals surface area contributed by atoms with Gasteiger partial charge in [-0.2, -0.15) is 4.31 Å². The molecular weight excluding hydrogens is 386 g/mol. The number of ether oxygens (including phenoxy) is 1. The summed E-state index contributed by atoms with van der Waals surface area (Å²) in [7, 11) is -3.82. The van der Waals surface area contributed by atoms with Gasteiger partial charge in [0.15, 0.2) is 5.76 Å². The molecule has 3 rings (SSSR count). The van der Waals surface area contributed by atoms with Crippen molar-refractivity contribution in [3.05, 3.63) is 17.9 Å². The number of hydrogen-bond donors (Lipinski definition) is 1. The van der Waals surface area contributed by atoms with Crippen LogP contribution in [0.4, 0.5) is 4.79 Å². The lowest BCUT2D eigenvalue weighted by molar-refractivity contribution is -0.124. The number of carbonyl (C=O) groups is 3. The van der Waals surface area contributed by atoms with E-state index in [2.05, 4.69) is 5.32 Å². The van der Waals surface area contributed by atoms with Crippen LogP contribution in [0.5, 0.6) is 0 Å². The first-order chi connectivity index (χ1) is 12.4. The minimum Gasteiger partial charge on any atom is -0.438 e. The average Bonchev–Trinajstić information content (AvgIpc) is 3.25. The van der Waals surface area contributed by atoms with Crippen LogP contribution in [0.25, 0.3) is 0 Å². The molecule has 2 aliphatic rings. The lowest BCUT2D eigenvalue weighted by Crippen LogP contribution is -2.40. The highest BCUT2D eigenvalue weighted by Gasteiger charge is 2.31. The van der Waals surface area contributed by atoms with Gasteiger partial charge in [0.05, 0.1) is 19.0 Å². The van der Waals surface area contributed by atoms with E-state index < -0.39 is 15.9 Å². The molecule has 1 aromatic rings. The van der Waals surface area contributed by atoms with Crippen molar-refractivity contribution in [2.45, 2.75) is 5.09 Å². The van der Waals surface area contributed by atoms with Crippen molar-refractivity contribution in [2.24, 2.45) is 0 Å². The van der Waals surface area contributed by atoms with Crippen LogP contribution in [0.3, 0.4) is 0 Å². The van der Waals surface area contributed by atoms with Gasteiger partial charge in [-0.15, -0.1) is 0 Å². The van der Waals surface area contributed by atoms with Crippen LogP contribution in [0.1, 0.15) is 10.6 Å². The van der Waals surface area contributed by atoms with Gasteiger partial charge in [-0.05, 0) is 12.1 Å². The second kappa shape index (κ2) is 7.78. The van der Waals surface area contributed by atoms with E-state index in [0.29, 0.717) is 13.2 Å². The zero-order chi connectivity index (χ0) is 18.7. The maximum atomic E-state index is 12.4. The highest BCUT2D eigenvalue weighted by molar-refractivity contribution is 8.14. The number of thioether (sulfide) groups is 1. The molecule has 3 amide bonds. The van der Waals surface area contributed by atoms with Crippen molar-refractivity contribution in [3.8, 4) is 0 Å². The fourth-order valence-corrected chi connectivity index (χ4v) is 4.53. The fraction of sp³-hybridized carbons (Fsp3) is 0.500. The zero-order valence-corrected chi connectivity index (χ0v) is 15.3. The van der Waals surface area contributed by atoms with Crippen molar-refractivity contribution < 1.29 is 32.0 Å². The number of furan rings is 1. The molecule has 1 N–H and O–H groups in total. The molecule has 2 saturated heterocycles. The molecule has 10 nitrogen and oxygen atoms in total. The third kappa shape index (κ3) is 3.92. The Bertz CT molecular complexity index is 798. The summed E-state index contributed by atoms with van der Waals surface area (Å²) in [6.07, 6.45) is 0. The molecule has 0 radical (unpaired) electrons. The maximum absolute atomic E-state index is 12.4. The van der Waals surface area contributed by atoms with Crippen LogP contribution >= 0.6 is 11.8 Å². The molecule has 1 aromatic heterocycles. The normalized spacial score (nSPS) is 19.2. The van der Waals surface area contributed by atoms with E-state index in [0.717, 1.165) is 16.7 Å². The summed E-state index contributed by atoms with van der Waals surface area (Å²) < 4.78 is 36.4. The van der Waals surface area contributed by atoms with Gasteiger partial charge in [-0.1, -0.05) is 11.8 Å². The minimum atomic E-state index is -3.82. The standard InChI is InChI=1S/C14H17N3O7S2/c18-11-9-25-14(20)17(11)4-3-15-13(19)10-1-2-12(24-10)26(21,22)16-5-7-23-8-6-16/h1-2H,3-9H2,(H,15,19). The van der Waals surface area contributed by atoms with E-state index in [1.807, 2.05) is 0 Å².